The van der Waals surface area contributed by atoms with Crippen LogP contribution in [0.2, 0.25) is 0 Å². The van der Waals surface area contributed by atoms with Crippen LogP contribution in [0, 0.1) is 0 Å². The summed E-state index contributed by atoms with van der Waals surface area (Å²) < 4.78 is 5.38. The van der Waals surface area contributed by atoms with Gasteiger partial charge in [-0.05, 0) is 12.8 Å². The molecule has 2 saturated heterocycles. The lowest BCUT2D eigenvalue weighted by Crippen LogP contribution is -2.48. The summed E-state index contributed by atoms with van der Waals surface area (Å²) in [6.45, 7) is 3.42. The number of likely N-dealkylation sites (tertiary alicyclic amines) is 2. The van der Waals surface area contributed by atoms with E-state index < -0.39 is 0 Å². The number of hydrogen-bond acceptors (Lipinski definition) is 7. The van der Waals surface area contributed by atoms with Gasteiger partial charge in [0, 0.05) is 31.9 Å². The molecule has 2 fully saturated rings. The Morgan fingerprint density at radius 3 is 2.92 bits per heavy atom. The van der Waals surface area contributed by atoms with Crippen LogP contribution in [0.5, 0.6) is 0 Å². The molecule has 2 aliphatic heterocycles. The fourth-order valence-corrected chi connectivity index (χ4v) is 3.76. The fourth-order valence-electron chi connectivity index (χ4n) is 3.24. The first-order valence-corrected chi connectivity index (χ1v) is 8.86. The lowest BCUT2D eigenvalue weighted by molar-refractivity contribution is -0.130. The molecule has 4 rings (SSSR count). The van der Waals surface area contributed by atoms with Gasteiger partial charge in [-0.15, -0.1) is 11.3 Å². The van der Waals surface area contributed by atoms with E-state index in [0.717, 1.165) is 19.4 Å². The minimum absolute atomic E-state index is 0.0286. The number of thiazole rings is 1. The zero-order valence-corrected chi connectivity index (χ0v) is 14.0. The van der Waals surface area contributed by atoms with Gasteiger partial charge in [-0.3, -0.25) is 9.59 Å². The third-order valence-electron chi connectivity index (χ3n) is 4.59. The van der Waals surface area contributed by atoms with Crippen molar-refractivity contribution in [2.24, 2.45) is 0 Å². The zero-order valence-electron chi connectivity index (χ0n) is 13.2. The highest BCUT2D eigenvalue weighted by molar-refractivity contribution is 7.07. The van der Waals surface area contributed by atoms with E-state index >= 15 is 0 Å². The molecule has 2 aliphatic rings. The molecule has 2 aromatic rings. The Morgan fingerprint density at radius 1 is 1.38 bits per heavy atom. The minimum Gasteiger partial charge on any atom is -0.337 e. The molecule has 2 aromatic heterocycles. The van der Waals surface area contributed by atoms with Crippen molar-refractivity contribution in [1.82, 2.24) is 24.9 Å². The molecule has 126 valence electrons. The Bertz CT molecular complexity index is 753. The van der Waals surface area contributed by atoms with Crippen LogP contribution < -0.4 is 0 Å². The quantitative estimate of drug-likeness (QED) is 0.834. The highest BCUT2D eigenvalue weighted by atomic mass is 32.1. The predicted octanol–water partition coefficient (Wildman–Crippen LogP) is 1.45. The lowest BCUT2D eigenvalue weighted by Gasteiger charge is -2.36. The first-order valence-electron chi connectivity index (χ1n) is 7.91. The number of hydrogen-bond donors (Lipinski definition) is 0. The van der Waals surface area contributed by atoms with Crippen LogP contribution >= 0.6 is 11.3 Å². The third-order valence-corrected chi connectivity index (χ3v) is 5.17. The number of aromatic nitrogens is 3. The van der Waals surface area contributed by atoms with Crippen LogP contribution in [0.4, 0.5) is 0 Å². The first-order chi connectivity index (χ1) is 11.6. The molecule has 4 heterocycles. The van der Waals surface area contributed by atoms with Gasteiger partial charge in [-0.25, -0.2) is 4.98 Å². The van der Waals surface area contributed by atoms with Crippen LogP contribution in [-0.4, -0.2) is 56.4 Å². The topological polar surface area (TPSA) is 92.4 Å². The van der Waals surface area contributed by atoms with Crippen molar-refractivity contribution in [3.8, 4) is 0 Å². The Kier molecular flexibility index (Phi) is 3.79. The van der Waals surface area contributed by atoms with Crippen LogP contribution in [0.3, 0.4) is 0 Å². The van der Waals surface area contributed by atoms with E-state index in [1.165, 1.54) is 11.3 Å². The Balaban J connectivity index is 1.40. The average molecular weight is 347 g/mol. The second kappa shape index (κ2) is 5.97. The van der Waals surface area contributed by atoms with Crippen molar-refractivity contribution >= 4 is 23.2 Å². The van der Waals surface area contributed by atoms with Gasteiger partial charge in [0.15, 0.2) is 5.82 Å². The second-order valence-corrected chi connectivity index (χ2v) is 6.86. The maximum absolute atomic E-state index is 12.2. The van der Waals surface area contributed by atoms with Gasteiger partial charge in [-0.1, -0.05) is 5.16 Å². The molecule has 2 amide bonds. The maximum atomic E-state index is 12.2. The zero-order chi connectivity index (χ0) is 16.7. The smallest absolute Gasteiger partial charge is 0.273 e. The predicted molar refractivity (Wildman–Crippen MR) is 84.4 cm³/mol. The van der Waals surface area contributed by atoms with E-state index in [1.807, 2.05) is 0 Å². The van der Waals surface area contributed by atoms with Crippen LogP contribution in [0.1, 0.15) is 53.9 Å². The Labute approximate surface area is 142 Å². The van der Waals surface area contributed by atoms with Crippen LogP contribution in [0.25, 0.3) is 0 Å². The summed E-state index contributed by atoms with van der Waals surface area (Å²) in [5.41, 5.74) is 2.13. The number of rotatable bonds is 3. The molecule has 0 bridgehead atoms. The van der Waals surface area contributed by atoms with Crippen molar-refractivity contribution in [3.63, 3.8) is 0 Å². The molecule has 0 N–H and O–H groups in total. The summed E-state index contributed by atoms with van der Waals surface area (Å²) in [6.07, 6.45) is 1.79. The summed E-state index contributed by atoms with van der Waals surface area (Å²) in [4.78, 5) is 35.8. The Morgan fingerprint density at radius 2 is 2.21 bits per heavy atom. The molecule has 8 nitrogen and oxygen atoms in total. The number of nitrogens with zero attached hydrogens (tertiary/aromatic N) is 5. The van der Waals surface area contributed by atoms with Gasteiger partial charge in [0.05, 0.1) is 11.4 Å². The first kappa shape index (κ1) is 15.3. The van der Waals surface area contributed by atoms with E-state index in [4.69, 9.17) is 4.52 Å². The fraction of sp³-hybridized carbons (Fsp3) is 0.533. The number of amides is 2. The molecule has 0 radical (unpaired) electrons. The molecule has 1 atom stereocenters. The monoisotopic (exact) mass is 347 g/mol. The van der Waals surface area contributed by atoms with E-state index in [0.29, 0.717) is 30.5 Å². The van der Waals surface area contributed by atoms with Gasteiger partial charge in [0.2, 0.25) is 11.8 Å². The molecule has 0 spiro atoms. The third kappa shape index (κ3) is 2.58. The molecule has 0 saturated carbocycles. The van der Waals surface area contributed by atoms with E-state index in [9.17, 15) is 9.59 Å². The largest absolute Gasteiger partial charge is 0.337 e. The summed E-state index contributed by atoms with van der Waals surface area (Å²) in [5, 5.41) is 5.81. The van der Waals surface area contributed by atoms with Crippen molar-refractivity contribution in [2.45, 2.75) is 31.7 Å². The van der Waals surface area contributed by atoms with Gasteiger partial charge in [-0.2, -0.15) is 4.98 Å². The van der Waals surface area contributed by atoms with Crippen molar-refractivity contribution in [2.75, 3.05) is 19.6 Å². The maximum Gasteiger partial charge on any atom is 0.273 e. The van der Waals surface area contributed by atoms with E-state index in [-0.39, 0.29) is 23.8 Å². The molecule has 24 heavy (non-hydrogen) atoms. The van der Waals surface area contributed by atoms with E-state index in [2.05, 4.69) is 15.1 Å². The highest BCUT2D eigenvalue weighted by Crippen LogP contribution is 2.33. The van der Waals surface area contributed by atoms with E-state index in [1.54, 1.807) is 27.6 Å². The van der Waals surface area contributed by atoms with Gasteiger partial charge < -0.3 is 14.3 Å². The Hall–Kier alpha value is -2.29. The van der Waals surface area contributed by atoms with Crippen LogP contribution in [-0.2, 0) is 4.79 Å². The standard InChI is InChI=1S/C15H17N5O3S/c1-9(21)20-4-2-3-12(20)14-17-13(18-23-14)10-5-19(6-10)15(22)11-7-24-8-16-11/h7-8,10,12H,2-6H2,1H3. The van der Waals surface area contributed by atoms with Crippen molar-refractivity contribution in [3.05, 3.63) is 28.3 Å². The molecule has 0 aromatic carbocycles. The lowest BCUT2D eigenvalue weighted by atomic mass is 9.99. The summed E-state index contributed by atoms with van der Waals surface area (Å²) in [6, 6.07) is -0.114. The molecule has 1 unspecified atom stereocenters. The summed E-state index contributed by atoms with van der Waals surface area (Å²) in [5.74, 6) is 1.16. The normalized spacial score (nSPS) is 21.1. The molecular weight excluding hydrogens is 330 g/mol. The summed E-state index contributed by atoms with van der Waals surface area (Å²) >= 11 is 1.41. The highest BCUT2D eigenvalue weighted by Gasteiger charge is 2.38. The SMILES string of the molecule is CC(=O)N1CCCC1c1nc(C2CN(C(=O)c3cscn3)C2)no1. The minimum atomic E-state index is -0.114. The van der Waals surface area contributed by atoms with Gasteiger partial charge in [0.1, 0.15) is 11.7 Å². The number of carbonyl (C=O) groups is 2. The average Bonchev–Trinajstić information content (AvgIpc) is 3.26. The second-order valence-electron chi connectivity index (χ2n) is 6.14. The summed E-state index contributed by atoms with van der Waals surface area (Å²) in [7, 11) is 0. The molecular formula is C15H17N5O3S. The van der Waals surface area contributed by atoms with Crippen molar-refractivity contribution in [1.29, 1.82) is 0 Å². The van der Waals surface area contributed by atoms with Crippen LogP contribution in [0.15, 0.2) is 15.4 Å². The number of carbonyl (C=O) groups excluding carboxylic acids is 2. The van der Waals surface area contributed by atoms with Gasteiger partial charge >= 0.3 is 0 Å². The van der Waals surface area contributed by atoms with Crippen molar-refractivity contribution < 1.29 is 14.1 Å². The van der Waals surface area contributed by atoms with Gasteiger partial charge in [0.25, 0.3) is 5.91 Å². The molecule has 9 heteroatoms. The molecule has 0 aliphatic carbocycles.